The van der Waals surface area contributed by atoms with E-state index in [4.69, 9.17) is 0 Å². The van der Waals surface area contributed by atoms with Gasteiger partial charge < -0.3 is 10.6 Å². The highest BCUT2D eigenvalue weighted by atomic mass is 15.1. The molecule has 0 aromatic heterocycles. The van der Waals surface area contributed by atoms with Crippen molar-refractivity contribution in [2.45, 2.75) is 43.6 Å². The fraction of sp³-hybridized carbons (Fsp3) is 0.625. The summed E-state index contributed by atoms with van der Waals surface area (Å²) in [7, 11) is 0. The first-order chi connectivity index (χ1) is 8.92. The number of piperazine rings is 1. The summed E-state index contributed by atoms with van der Waals surface area (Å²) in [6.07, 6.45) is 6.86. The van der Waals surface area contributed by atoms with Crippen LogP contribution in [0, 0.1) is 0 Å². The smallest absolute Gasteiger partial charge is 0.0289 e. The average Bonchev–Trinajstić information content (AvgIpc) is 2.50. The Bertz CT molecular complexity index is 362. The van der Waals surface area contributed by atoms with Gasteiger partial charge in [-0.25, -0.2) is 0 Å². The van der Waals surface area contributed by atoms with Crippen molar-refractivity contribution in [3.8, 4) is 0 Å². The molecule has 2 N–H and O–H groups in total. The maximum absolute atomic E-state index is 3.77. The molecule has 0 amide bonds. The Kier molecular flexibility index (Phi) is 3.67. The van der Waals surface area contributed by atoms with Crippen LogP contribution >= 0.6 is 0 Å². The molecule has 3 rings (SSSR count). The lowest BCUT2D eigenvalue weighted by atomic mass is 9.64. The third kappa shape index (κ3) is 2.19. The van der Waals surface area contributed by atoms with Gasteiger partial charge >= 0.3 is 0 Å². The molecule has 1 heterocycles. The zero-order valence-electron chi connectivity index (χ0n) is 11.1. The Morgan fingerprint density at radius 1 is 0.944 bits per heavy atom. The van der Waals surface area contributed by atoms with Crippen molar-refractivity contribution in [2.75, 3.05) is 19.6 Å². The third-order valence-corrected chi connectivity index (χ3v) is 4.80. The van der Waals surface area contributed by atoms with Crippen LogP contribution in [0.25, 0.3) is 0 Å². The van der Waals surface area contributed by atoms with Gasteiger partial charge in [0.25, 0.3) is 0 Å². The molecule has 1 saturated carbocycles. The lowest BCUT2D eigenvalue weighted by Crippen LogP contribution is -2.59. The zero-order chi connectivity index (χ0) is 12.3. The van der Waals surface area contributed by atoms with Gasteiger partial charge in [-0.2, -0.15) is 0 Å². The van der Waals surface area contributed by atoms with E-state index in [1.54, 1.807) is 5.56 Å². The fourth-order valence-electron chi connectivity index (χ4n) is 3.84. The highest BCUT2D eigenvalue weighted by Gasteiger charge is 2.41. The van der Waals surface area contributed by atoms with Crippen molar-refractivity contribution in [1.82, 2.24) is 10.6 Å². The predicted molar refractivity (Wildman–Crippen MR) is 75.9 cm³/mol. The van der Waals surface area contributed by atoms with Gasteiger partial charge in [0.15, 0.2) is 0 Å². The van der Waals surface area contributed by atoms with Crippen LogP contribution in [0.15, 0.2) is 30.3 Å². The van der Waals surface area contributed by atoms with E-state index < -0.39 is 0 Å². The van der Waals surface area contributed by atoms with Crippen LogP contribution in [0.4, 0.5) is 0 Å². The number of nitrogens with one attached hydrogen (secondary N) is 2. The molecule has 2 nitrogen and oxygen atoms in total. The van der Waals surface area contributed by atoms with Crippen molar-refractivity contribution < 1.29 is 0 Å². The molecule has 2 aliphatic rings. The minimum atomic E-state index is 0.368. The van der Waals surface area contributed by atoms with Crippen LogP contribution in [-0.2, 0) is 5.41 Å². The second kappa shape index (κ2) is 5.41. The predicted octanol–water partition coefficient (Wildman–Crippen LogP) is 2.45. The monoisotopic (exact) mass is 244 g/mol. The minimum Gasteiger partial charge on any atom is -0.314 e. The van der Waals surface area contributed by atoms with Crippen molar-refractivity contribution in [2.24, 2.45) is 0 Å². The number of rotatable bonds is 2. The number of hydrogen-bond acceptors (Lipinski definition) is 2. The van der Waals surface area contributed by atoms with E-state index in [9.17, 15) is 0 Å². The summed E-state index contributed by atoms with van der Waals surface area (Å²) in [5.41, 5.74) is 1.92. The van der Waals surface area contributed by atoms with Gasteiger partial charge in [-0.15, -0.1) is 0 Å². The molecule has 0 radical (unpaired) electrons. The first-order valence-corrected chi connectivity index (χ1v) is 7.41. The van der Waals surface area contributed by atoms with Crippen molar-refractivity contribution >= 4 is 0 Å². The van der Waals surface area contributed by atoms with Crippen LogP contribution in [-0.4, -0.2) is 25.7 Å². The van der Waals surface area contributed by atoms with Gasteiger partial charge in [0.2, 0.25) is 0 Å². The van der Waals surface area contributed by atoms with Crippen LogP contribution < -0.4 is 10.6 Å². The van der Waals surface area contributed by atoms with Crippen LogP contribution in [0.2, 0.25) is 0 Å². The molecule has 0 bridgehead atoms. The molecule has 2 fully saturated rings. The van der Waals surface area contributed by atoms with Crippen molar-refractivity contribution in [1.29, 1.82) is 0 Å². The molecule has 1 aromatic rings. The van der Waals surface area contributed by atoms with Gasteiger partial charge in [-0.3, -0.25) is 0 Å². The highest BCUT2D eigenvalue weighted by Crippen LogP contribution is 2.42. The molecule has 98 valence electrons. The third-order valence-electron chi connectivity index (χ3n) is 4.80. The van der Waals surface area contributed by atoms with Crippen molar-refractivity contribution in [3.05, 3.63) is 35.9 Å². The maximum Gasteiger partial charge on any atom is 0.0289 e. The Morgan fingerprint density at radius 2 is 1.72 bits per heavy atom. The topological polar surface area (TPSA) is 24.1 Å². The van der Waals surface area contributed by atoms with Gasteiger partial charge in [-0.05, 0) is 18.4 Å². The van der Waals surface area contributed by atoms with E-state index in [1.807, 2.05) is 0 Å². The Morgan fingerprint density at radius 3 is 2.39 bits per heavy atom. The Hall–Kier alpha value is -0.860. The van der Waals surface area contributed by atoms with Crippen LogP contribution in [0.1, 0.15) is 37.7 Å². The van der Waals surface area contributed by atoms with Gasteiger partial charge in [-0.1, -0.05) is 49.6 Å². The summed E-state index contributed by atoms with van der Waals surface area (Å²) in [5.74, 6) is 0. The minimum absolute atomic E-state index is 0.368. The van der Waals surface area contributed by atoms with Crippen LogP contribution in [0.3, 0.4) is 0 Å². The highest BCUT2D eigenvalue weighted by molar-refractivity contribution is 5.29. The fourth-order valence-corrected chi connectivity index (χ4v) is 3.84. The van der Waals surface area contributed by atoms with E-state index in [1.165, 1.54) is 32.1 Å². The standard InChI is InChI=1S/C16H24N2/c1-3-7-14(8-4-1)16(9-5-2-6-10-16)15-13-17-11-12-18-15/h1,3-4,7-8,15,17-18H,2,5-6,9-13H2. The molecular formula is C16H24N2. The Balaban J connectivity index is 1.92. The molecule has 1 saturated heterocycles. The van der Waals surface area contributed by atoms with Gasteiger partial charge in [0.05, 0.1) is 0 Å². The number of hydrogen-bond donors (Lipinski definition) is 2. The summed E-state index contributed by atoms with van der Waals surface area (Å²) in [6, 6.07) is 11.8. The first kappa shape index (κ1) is 12.2. The van der Waals surface area contributed by atoms with Gasteiger partial charge in [0, 0.05) is 31.1 Å². The van der Waals surface area contributed by atoms with E-state index in [2.05, 4.69) is 41.0 Å². The van der Waals surface area contributed by atoms with Crippen LogP contribution in [0.5, 0.6) is 0 Å². The normalized spacial score (nSPS) is 27.9. The van der Waals surface area contributed by atoms with E-state index in [0.717, 1.165) is 19.6 Å². The first-order valence-electron chi connectivity index (χ1n) is 7.41. The van der Waals surface area contributed by atoms with E-state index in [-0.39, 0.29) is 0 Å². The molecule has 1 atom stereocenters. The molecule has 1 aliphatic carbocycles. The molecule has 0 spiro atoms. The molecule has 1 unspecified atom stereocenters. The molecule has 1 aromatic carbocycles. The number of benzene rings is 1. The largest absolute Gasteiger partial charge is 0.314 e. The second-order valence-electron chi connectivity index (χ2n) is 5.79. The second-order valence-corrected chi connectivity index (χ2v) is 5.79. The van der Waals surface area contributed by atoms with E-state index in [0.29, 0.717) is 11.5 Å². The summed E-state index contributed by atoms with van der Waals surface area (Å²) < 4.78 is 0. The lowest BCUT2D eigenvalue weighted by molar-refractivity contribution is 0.194. The molecular weight excluding hydrogens is 220 g/mol. The maximum atomic E-state index is 3.77. The molecule has 1 aliphatic heterocycles. The van der Waals surface area contributed by atoms with Gasteiger partial charge in [0.1, 0.15) is 0 Å². The SMILES string of the molecule is c1ccc(C2(C3CNCCN3)CCCCC2)cc1. The summed E-state index contributed by atoms with van der Waals surface area (Å²) in [5, 5.41) is 7.33. The summed E-state index contributed by atoms with van der Waals surface area (Å²) >= 11 is 0. The van der Waals surface area contributed by atoms with Crippen molar-refractivity contribution in [3.63, 3.8) is 0 Å². The quantitative estimate of drug-likeness (QED) is 0.835. The molecule has 18 heavy (non-hydrogen) atoms. The average molecular weight is 244 g/mol. The van der Waals surface area contributed by atoms with E-state index >= 15 is 0 Å². The summed E-state index contributed by atoms with van der Waals surface area (Å²) in [4.78, 5) is 0. The molecule has 2 heteroatoms. The Labute approximate surface area is 110 Å². The lowest BCUT2D eigenvalue weighted by Gasteiger charge is -2.46. The zero-order valence-corrected chi connectivity index (χ0v) is 11.1. The summed E-state index contributed by atoms with van der Waals surface area (Å²) in [6.45, 7) is 3.34.